The fourth-order valence-electron chi connectivity index (χ4n) is 3.04. The average molecular weight is 444 g/mol. The van der Waals surface area contributed by atoms with Crippen molar-refractivity contribution in [2.75, 3.05) is 25.3 Å². The maximum absolute atomic E-state index is 12.6. The second-order valence-corrected chi connectivity index (χ2v) is 6.86. The molecule has 10 nitrogen and oxygen atoms in total. The number of hydrogen-bond donors (Lipinski definition) is 4. The number of carbonyl (C=O) groups excluding carboxylic acids is 2. The highest BCUT2D eigenvalue weighted by atomic mass is 16.7. The fraction of sp³-hybridized carbons (Fsp3) is 0.273. The Morgan fingerprint density at radius 3 is 2.78 bits per heavy atom. The monoisotopic (exact) mass is 444 g/mol. The minimum absolute atomic E-state index is 0.116. The summed E-state index contributed by atoms with van der Waals surface area (Å²) in [5.41, 5.74) is 2.59. The summed E-state index contributed by atoms with van der Waals surface area (Å²) in [6.07, 6.45) is 1.14. The number of aliphatic hydroxyl groups excluding tert-OH is 1. The highest BCUT2D eigenvalue weighted by molar-refractivity contribution is 5.86. The van der Waals surface area contributed by atoms with Crippen molar-refractivity contribution in [2.45, 2.75) is 13.0 Å². The maximum atomic E-state index is 12.6. The van der Waals surface area contributed by atoms with Crippen LogP contribution in [0.3, 0.4) is 0 Å². The van der Waals surface area contributed by atoms with Crippen LogP contribution in [0.25, 0.3) is 0 Å². The van der Waals surface area contributed by atoms with Gasteiger partial charge in [-0.2, -0.15) is 0 Å². The molecule has 0 aromatic heterocycles. The van der Waals surface area contributed by atoms with Crippen molar-refractivity contribution in [1.29, 1.82) is 0 Å². The van der Waals surface area contributed by atoms with E-state index in [0.717, 1.165) is 6.08 Å². The van der Waals surface area contributed by atoms with Crippen molar-refractivity contribution in [1.82, 2.24) is 5.48 Å². The van der Waals surface area contributed by atoms with Crippen LogP contribution < -0.4 is 25.0 Å². The zero-order valence-electron chi connectivity index (χ0n) is 17.3. The Morgan fingerprint density at radius 1 is 1.19 bits per heavy atom. The molecule has 2 amide bonds. The number of nitrogens with one attached hydrogen (secondary N) is 2. The van der Waals surface area contributed by atoms with E-state index in [0.29, 0.717) is 28.5 Å². The first-order chi connectivity index (χ1) is 15.5. The molecule has 1 aliphatic heterocycles. The molecule has 2 aromatic carbocycles. The lowest BCUT2D eigenvalue weighted by Gasteiger charge is -2.23. The molecule has 170 valence electrons. The van der Waals surface area contributed by atoms with E-state index in [1.54, 1.807) is 49.4 Å². The molecule has 2 atom stereocenters. The molecule has 4 N–H and O–H groups in total. The Morgan fingerprint density at radius 2 is 2.00 bits per heavy atom. The fourth-order valence-corrected chi connectivity index (χ4v) is 3.04. The van der Waals surface area contributed by atoms with Crippen LogP contribution in [0.1, 0.15) is 18.6 Å². The largest absolute Gasteiger partial charge is 0.491 e. The van der Waals surface area contributed by atoms with Crippen LogP contribution in [0.15, 0.2) is 54.6 Å². The molecule has 0 spiro atoms. The van der Waals surface area contributed by atoms with Gasteiger partial charge in [0.15, 0.2) is 11.5 Å². The van der Waals surface area contributed by atoms with Crippen molar-refractivity contribution in [2.24, 2.45) is 5.92 Å². The number of rotatable bonds is 9. The van der Waals surface area contributed by atoms with Gasteiger partial charge in [-0.3, -0.25) is 15.3 Å². The molecule has 2 aromatic rings. The second-order valence-electron chi connectivity index (χ2n) is 6.86. The molecule has 0 unspecified atom stereocenters. The zero-order valence-corrected chi connectivity index (χ0v) is 17.3. The van der Waals surface area contributed by atoms with Gasteiger partial charge in [-0.1, -0.05) is 25.1 Å². The Kier molecular flexibility index (Phi) is 7.90. The average Bonchev–Trinajstić information content (AvgIpc) is 3.27. The number of ether oxygens (including phenoxy) is 4. The maximum Gasteiger partial charge on any atom is 0.412 e. The second kappa shape index (κ2) is 11.0. The summed E-state index contributed by atoms with van der Waals surface area (Å²) in [6.45, 7) is 1.84. The molecule has 0 saturated heterocycles. The van der Waals surface area contributed by atoms with Gasteiger partial charge in [-0.05, 0) is 29.8 Å². The standard InChI is InChI=1S/C22H24N2O8/c1-14(5-8-20(26)24-28)21(15-3-2-4-17(11-15)29-10-9-25)32-22(27)23-16-6-7-18-19(12-16)31-13-30-18/h2-8,11-12,14,21,25,28H,9-10,13H2,1H3,(H,23,27)(H,24,26)/b8-5+/t14-,21-/m0/s1. The Labute approximate surface area is 184 Å². The van der Waals surface area contributed by atoms with Gasteiger partial charge in [0.05, 0.1) is 6.61 Å². The van der Waals surface area contributed by atoms with Gasteiger partial charge >= 0.3 is 6.09 Å². The van der Waals surface area contributed by atoms with Crippen LogP contribution in [0, 0.1) is 5.92 Å². The molecule has 1 aliphatic rings. The predicted molar refractivity (Wildman–Crippen MR) is 113 cm³/mol. The summed E-state index contributed by atoms with van der Waals surface area (Å²) >= 11 is 0. The van der Waals surface area contributed by atoms with Crippen molar-refractivity contribution in [3.8, 4) is 17.2 Å². The third kappa shape index (κ3) is 6.13. The van der Waals surface area contributed by atoms with Crippen LogP contribution >= 0.6 is 0 Å². The molecule has 10 heteroatoms. The summed E-state index contributed by atoms with van der Waals surface area (Å²) in [5.74, 6) is 0.441. The predicted octanol–water partition coefficient (Wildman–Crippen LogP) is 2.77. The van der Waals surface area contributed by atoms with E-state index < -0.39 is 24.0 Å². The van der Waals surface area contributed by atoms with Crippen molar-refractivity contribution in [3.05, 3.63) is 60.2 Å². The number of anilines is 1. The summed E-state index contributed by atoms with van der Waals surface area (Å²) in [4.78, 5) is 24.0. The Bertz CT molecular complexity index is 978. The lowest BCUT2D eigenvalue weighted by Crippen LogP contribution is -2.22. The molecular formula is C22H24N2O8. The first-order valence-electron chi connectivity index (χ1n) is 9.83. The van der Waals surface area contributed by atoms with E-state index in [-0.39, 0.29) is 20.0 Å². The third-order valence-electron chi connectivity index (χ3n) is 4.54. The Hall–Kier alpha value is -3.76. The van der Waals surface area contributed by atoms with E-state index in [2.05, 4.69) is 5.32 Å². The van der Waals surface area contributed by atoms with E-state index >= 15 is 0 Å². The zero-order chi connectivity index (χ0) is 22.9. The van der Waals surface area contributed by atoms with Gasteiger partial charge in [0.2, 0.25) is 6.79 Å². The molecule has 3 rings (SSSR count). The lowest BCUT2D eigenvalue weighted by molar-refractivity contribution is -0.124. The minimum atomic E-state index is -0.788. The quantitative estimate of drug-likeness (QED) is 0.263. The molecule has 0 aliphatic carbocycles. The summed E-state index contributed by atoms with van der Waals surface area (Å²) in [7, 11) is 0. The van der Waals surface area contributed by atoms with E-state index in [1.165, 1.54) is 11.6 Å². The van der Waals surface area contributed by atoms with Crippen LogP contribution in [0.4, 0.5) is 10.5 Å². The van der Waals surface area contributed by atoms with Gasteiger partial charge in [-0.25, -0.2) is 10.3 Å². The highest BCUT2D eigenvalue weighted by Gasteiger charge is 2.24. The van der Waals surface area contributed by atoms with Crippen LogP contribution in [0.2, 0.25) is 0 Å². The molecule has 0 bridgehead atoms. The van der Waals surface area contributed by atoms with Crippen LogP contribution in [0.5, 0.6) is 17.2 Å². The molecular weight excluding hydrogens is 420 g/mol. The minimum Gasteiger partial charge on any atom is -0.491 e. The van der Waals surface area contributed by atoms with Gasteiger partial charge in [-0.15, -0.1) is 0 Å². The number of carbonyl (C=O) groups is 2. The van der Waals surface area contributed by atoms with Gasteiger partial charge < -0.3 is 24.1 Å². The molecule has 0 radical (unpaired) electrons. The summed E-state index contributed by atoms with van der Waals surface area (Å²) < 4.78 is 21.7. The van der Waals surface area contributed by atoms with Gasteiger partial charge in [0, 0.05) is 23.7 Å². The molecule has 32 heavy (non-hydrogen) atoms. The normalized spacial score (nSPS) is 14.0. The molecule has 0 saturated carbocycles. The van der Waals surface area contributed by atoms with Gasteiger partial charge in [0.1, 0.15) is 18.5 Å². The van der Waals surface area contributed by atoms with E-state index in [9.17, 15) is 9.59 Å². The summed E-state index contributed by atoms with van der Waals surface area (Å²) in [5, 5.41) is 20.3. The third-order valence-corrected chi connectivity index (χ3v) is 4.54. The number of hydrogen-bond acceptors (Lipinski definition) is 8. The first kappa shape index (κ1) is 22.9. The van der Waals surface area contributed by atoms with Crippen molar-refractivity contribution < 1.29 is 38.9 Å². The van der Waals surface area contributed by atoms with Crippen molar-refractivity contribution in [3.63, 3.8) is 0 Å². The van der Waals surface area contributed by atoms with Crippen LogP contribution in [-0.4, -0.2) is 42.3 Å². The van der Waals surface area contributed by atoms with E-state index in [1.807, 2.05) is 0 Å². The number of benzene rings is 2. The lowest BCUT2D eigenvalue weighted by atomic mass is 9.96. The van der Waals surface area contributed by atoms with Gasteiger partial charge in [0.25, 0.3) is 5.91 Å². The highest BCUT2D eigenvalue weighted by Crippen LogP contribution is 2.35. The van der Waals surface area contributed by atoms with E-state index in [4.69, 9.17) is 29.3 Å². The first-order valence-corrected chi connectivity index (χ1v) is 9.83. The summed E-state index contributed by atoms with van der Waals surface area (Å²) in [6, 6.07) is 11.8. The number of fused-ring (bicyclic) bond motifs is 1. The van der Waals surface area contributed by atoms with Crippen molar-refractivity contribution >= 4 is 17.7 Å². The number of aliphatic hydroxyl groups is 1. The molecule has 1 heterocycles. The Balaban J connectivity index is 1.77. The smallest absolute Gasteiger partial charge is 0.412 e. The molecule has 0 fully saturated rings. The SMILES string of the molecule is C[C@@H](/C=C/C(=O)NO)[C@H](OC(=O)Nc1ccc2c(c1)OCO2)c1cccc(OCCO)c1. The number of amides is 2. The topological polar surface area (TPSA) is 136 Å². The number of hydroxylamine groups is 1. The van der Waals surface area contributed by atoms with Crippen LogP contribution in [-0.2, 0) is 9.53 Å².